The van der Waals surface area contributed by atoms with Crippen molar-refractivity contribution in [1.29, 1.82) is 0 Å². The summed E-state index contributed by atoms with van der Waals surface area (Å²) in [5.74, 6) is -0.335. The predicted molar refractivity (Wildman–Crippen MR) is 62.5 cm³/mol. The molecule has 0 heterocycles. The van der Waals surface area contributed by atoms with Crippen LogP contribution in [0.1, 0.15) is 26.7 Å². The normalized spacial score (nSPS) is 13.3. The number of carbonyl (C=O) groups is 1. The van der Waals surface area contributed by atoms with Crippen LogP contribution in [0.3, 0.4) is 0 Å². The van der Waals surface area contributed by atoms with E-state index in [2.05, 4.69) is 34.5 Å². The van der Waals surface area contributed by atoms with Gasteiger partial charge in [0, 0.05) is 6.08 Å². The van der Waals surface area contributed by atoms with E-state index >= 15 is 0 Å². The minimum absolute atomic E-state index is 0.335. The van der Waals surface area contributed by atoms with Gasteiger partial charge in [-0.1, -0.05) is 19.9 Å². The molecule has 15 heavy (non-hydrogen) atoms. The maximum absolute atomic E-state index is 10.8. The summed E-state index contributed by atoms with van der Waals surface area (Å²) in [7, 11) is 4.34. The molecule has 88 valence electrons. The maximum Gasteiger partial charge on any atom is 0.330 e. The first kappa shape index (κ1) is 14.2. The van der Waals surface area contributed by atoms with Crippen molar-refractivity contribution in [3.8, 4) is 0 Å². The fourth-order valence-electron chi connectivity index (χ4n) is 1.43. The minimum atomic E-state index is -0.335. The average Bonchev–Trinajstić information content (AvgIpc) is 2.17. The number of nitrogens with zero attached hydrogens (tertiary/aromatic N) is 1. The topological polar surface area (TPSA) is 26.3 Å². The summed E-state index contributed by atoms with van der Waals surface area (Å²) in [4.78, 5) is 10.8. The molecule has 0 radical (unpaired) electrons. The van der Waals surface area contributed by atoms with Gasteiger partial charge >= 0.3 is 5.97 Å². The highest BCUT2D eigenvalue weighted by molar-refractivity contribution is 5.81. The zero-order valence-corrected chi connectivity index (χ0v) is 10.5. The minimum Gasteiger partial charge on any atom is -0.457 e. The third-order valence-corrected chi connectivity index (χ3v) is 2.98. The van der Waals surface area contributed by atoms with E-state index in [4.69, 9.17) is 4.74 Å². The molecule has 0 aliphatic heterocycles. The van der Waals surface area contributed by atoms with Gasteiger partial charge in [0.15, 0.2) is 0 Å². The molecule has 0 spiro atoms. The average molecular weight is 214 g/mol. The van der Waals surface area contributed by atoms with E-state index in [0.717, 1.165) is 11.0 Å². The van der Waals surface area contributed by atoms with Crippen LogP contribution in [-0.2, 0) is 9.53 Å². The standard InChI is InChI=1S/C12H24NO2/c1-6-8-11(3)13(4,5)9-10-15-12(14)7-2/h7,11H,2,6,8-10H2,1,3-5H3/q+1. The summed E-state index contributed by atoms with van der Waals surface area (Å²) < 4.78 is 5.87. The first-order chi connectivity index (χ1) is 6.94. The Morgan fingerprint density at radius 3 is 2.60 bits per heavy atom. The fourth-order valence-corrected chi connectivity index (χ4v) is 1.43. The van der Waals surface area contributed by atoms with Gasteiger partial charge in [0.2, 0.25) is 0 Å². The molecular weight excluding hydrogens is 190 g/mol. The lowest BCUT2D eigenvalue weighted by molar-refractivity contribution is -0.913. The Morgan fingerprint density at radius 1 is 1.53 bits per heavy atom. The number of rotatable bonds is 7. The number of hydrogen-bond donors (Lipinski definition) is 0. The second kappa shape index (κ2) is 6.62. The zero-order chi connectivity index (χ0) is 11.9. The highest BCUT2D eigenvalue weighted by atomic mass is 16.5. The molecule has 0 saturated carbocycles. The molecule has 0 saturated heterocycles. The molecule has 1 atom stereocenters. The van der Waals surface area contributed by atoms with Gasteiger partial charge in [-0.25, -0.2) is 4.79 Å². The number of quaternary nitrogens is 1. The summed E-state index contributed by atoms with van der Waals surface area (Å²) >= 11 is 0. The van der Waals surface area contributed by atoms with Gasteiger partial charge in [-0.2, -0.15) is 0 Å². The maximum atomic E-state index is 10.8. The van der Waals surface area contributed by atoms with Crippen LogP contribution >= 0.6 is 0 Å². The van der Waals surface area contributed by atoms with Crippen molar-refractivity contribution in [1.82, 2.24) is 0 Å². The Bertz CT molecular complexity index is 212. The van der Waals surface area contributed by atoms with Gasteiger partial charge in [-0.3, -0.25) is 0 Å². The molecule has 0 aromatic rings. The molecule has 0 rings (SSSR count). The Balaban J connectivity index is 3.92. The van der Waals surface area contributed by atoms with Crippen LogP contribution in [0.5, 0.6) is 0 Å². The number of esters is 1. The highest BCUT2D eigenvalue weighted by Crippen LogP contribution is 2.11. The number of carbonyl (C=O) groups excluding carboxylic acids is 1. The molecule has 0 aliphatic rings. The smallest absolute Gasteiger partial charge is 0.330 e. The monoisotopic (exact) mass is 214 g/mol. The molecule has 0 bridgehead atoms. The Hall–Kier alpha value is -0.830. The molecule has 0 aromatic carbocycles. The van der Waals surface area contributed by atoms with Gasteiger partial charge in [0.1, 0.15) is 13.2 Å². The van der Waals surface area contributed by atoms with E-state index in [-0.39, 0.29) is 5.97 Å². The van der Waals surface area contributed by atoms with E-state index in [1.165, 1.54) is 18.9 Å². The van der Waals surface area contributed by atoms with Crippen molar-refractivity contribution in [2.24, 2.45) is 0 Å². The Labute approximate surface area is 93.3 Å². The molecule has 0 amide bonds. The quantitative estimate of drug-likeness (QED) is 0.368. The van der Waals surface area contributed by atoms with Crippen molar-refractivity contribution in [3.63, 3.8) is 0 Å². The van der Waals surface area contributed by atoms with Gasteiger partial charge < -0.3 is 9.22 Å². The van der Waals surface area contributed by atoms with Crippen LogP contribution in [0.25, 0.3) is 0 Å². The molecule has 1 unspecified atom stereocenters. The Kier molecular flexibility index (Phi) is 6.25. The summed E-state index contributed by atoms with van der Waals surface area (Å²) in [6, 6.07) is 0.595. The number of ether oxygens (including phenoxy) is 1. The van der Waals surface area contributed by atoms with Gasteiger partial charge in [-0.15, -0.1) is 0 Å². The van der Waals surface area contributed by atoms with Crippen LogP contribution < -0.4 is 0 Å². The third-order valence-electron chi connectivity index (χ3n) is 2.98. The SMILES string of the molecule is C=CC(=O)OCC[N+](C)(C)C(C)CCC. The fraction of sp³-hybridized carbons (Fsp3) is 0.750. The van der Waals surface area contributed by atoms with Crippen LogP contribution in [0.15, 0.2) is 12.7 Å². The number of hydrogen-bond acceptors (Lipinski definition) is 2. The molecule has 3 nitrogen and oxygen atoms in total. The second-order valence-electron chi connectivity index (χ2n) is 4.51. The lowest BCUT2D eigenvalue weighted by Gasteiger charge is -2.35. The first-order valence-electron chi connectivity index (χ1n) is 5.56. The summed E-state index contributed by atoms with van der Waals surface area (Å²) in [6.45, 7) is 9.10. The largest absolute Gasteiger partial charge is 0.457 e. The molecule has 0 fully saturated rings. The molecule has 3 heteroatoms. The van der Waals surface area contributed by atoms with Crippen molar-refractivity contribution in [3.05, 3.63) is 12.7 Å². The van der Waals surface area contributed by atoms with Crippen molar-refractivity contribution in [2.45, 2.75) is 32.7 Å². The molecule has 0 aromatic heterocycles. The van der Waals surface area contributed by atoms with Gasteiger partial charge in [0.05, 0.1) is 20.1 Å². The molecular formula is C12H24NO2+. The lowest BCUT2D eigenvalue weighted by atomic mass is 10.1. The molecule has 0 N–H and O–H groups in total. The first-order valence-corrected chi connectivity index (χ1v) is 5.56. The second-order valence-corrected chi connectivity index (χ2v) is 4.51. The van der Waals surface area contributed by atoms with Gasteiger partial charge in [0.25, 0.3) is 0 Å². The third kappa shape index (κ3) is 5.57. The summed E-state index contributed by atoms with van der Waals surface area (Å²) in [6.07, 6.45) is 3.59. The predicted octanol–water partition coefficient (Wildman–Crippen LogP) is 1.98. The van der Waals surface area contributed by atoms with E-state index in [9.17, 15) is 4.79 Å². The van der Waals surface area contributed by atoms with Crippen LogP contribution in [0.2, 0.25) is 0 Å². The Morgan fingerprint density at radius 2 is 2.13 bits per heavy atom. The van der Waals surface area contributed by atoms with Crippen molar-refractivity contribution < 1.29 is 14.0 Å². The summed E-state index contributed by atoms with van der Waals surface area (Å²) in [5, 5.41) is 0. The van der Waals surface area contributed by atoms with Crippen LogP contribution in [0, 0.1) is 0 Å². The summed E-state index contributed by atoms with van der Waals surface area (Å²) in [5.41, 5.74) is 0. The van der Waals surface area contributed by atoms with Crippen LogP contribution in [-0.4, -0.2) is 43.7 Å². The van der Waals surface area contributed by atoms with Crippen molar-refractivity contribution >= 4 is 5.97 Å². The van der Waals surface area contributed by atoms with E-state index < -0.39 is 0 Å². The van der Waals surface area contributed by atoms with Crippen LogP contribution in [0.4, 0.5) is 0 Å². The van der Waals surface area contributed by atoms with E-state index in [0.29, 0.717) is 12.6 Å². The van der Waals surface area contributed by atoms with Crippen molar-refractivity contribution in [2.75, 3.05) is 27.2 Å². The van der Waals surface area contributed by atoms with E-state index in [1.54, 1.807) is 0 Å². The number of likely N-dealkylation sites (N-methyl/N-ethyl adjacent to an activating group) is 1. The van der Waals surface area contributed by atoms with E-state index in [1.807, 2.05) is 0 Å². The molecule has 0 aliphatic carbocycles. The lowest BCUT2D eigenvalue weighted by Crippen LogP contribution is -2.49. The van der Waals surface area contributed by atoms with Gasteiger partial charge in [-0.05, 0) is 13.3 Å². The zero-order valence-electron chi connectivity index (χ0n) is 10.5. The highest BCUT2D eigenvalue weighted by Gasteiger charge is 2.22.